The Morgan fingerprint density at radius 2 is 1.40 bits per heavy atom. The maximum Gasteiger partial charge on any atom is 0.299 e. The first kappa shape index (κ1) is 30.7. The Balaban J connectivity index is 2.87. The topological polar surface area (TPSA) is 126 Å². The summed E-state index contributed by atoms with van der Waals surface area (Å²) >= 11 is 0. The number of ether oxygens (including phenoxy) is 3. The fraction of sp³-hybridized carbons (Fsp3) is 0.760. The molecule has 0 fully saturated rings. The lowest BCUT2D eigenvalue weighted by Gasteiger charge is -2.39. The van der Waals surface area contributed by atoms with E-state index in [1.807, 2.05) is 20.8 Å². The predicted octanol–water partition coefficient (Wildman–Crippen LogP) is 6.83. The molecule has 1 unspecified atom stereocenters. The molecular weight excluding hydrogens is 454 g/mol. The fourth-order valence-electron chi connectivity index (χ4n) is 4.26. The Morgan fingerprint density at radius 1 is 0.829 bits per heavy atom. The van der Waals surface area contributed by atoms with Crippen molar-refractivity contribution >= 4 is 17.1 Å². The van der Waals surface area contributed by atoms with Gasteiger partial charge in [0.05, 0.1) is 15.9 Å². The highest BCUT2D eigenvalue weighted by Crippen LogP contribution is 2.34. The number of rotatable bonds is 21. The molecule has 0 saturated carbocycles. The van der Waals surface area contributed by atoms with Crippen LogP contribution in [0.15, 0.2) is 18.2 Å². The van der Waals surface area contributed by atoms with Gasteiger partial charge in [0, 0.05) is 38.3 Å². The van der Waals surface area contributed by atoms with Crippen LogP contribution < -0.4 is 5.32 Å². The average molecular weight is 498 g/mol. The molecule has 0 aliphatic carbocycles. The van der Waals surface area contributed by atoms with Gasteiger partial charge in [-0.25, -0.2) is 0 Å². The molecule has 1 aromatic rings. The Bertz CT molecular complexity index is 744. The van der Waals surface area contributed by atoms with E-state index in [2.05, 4.69) is 12.2 Å². The monoisotopic (exact) mass is 497 g/mol. The second kappa shape index (κ2) is 17.2. The number of nitro benzene ring substituents is 2. The molecule has 0 amide bonds. The Kier molecular flexibility index (Phi) is 15.1. The summed E-state index contributed by atoms with van der Waals surface area (Å²) < 4.78 is 18.2. The molecule has 0 radical (unpaired) electrons. The number of non-ortho nitro benzene ring substituents is 1. The summed E-state index contributed by atoms with van der Waals surface area (Å²) in [7, 11) is 0. The standard InChI is InChI=1S/C25H43N3O7/c1-5-9-10-11-12-13-15-21(25(33-6-2,34-7-3)35-8-4)16-14-19-26-23-18-17-22(27(29)30)20-24(23)28(31)32/h17-18,20-21,26H,5-16,19H2,1-4H3. The van der Waals surface area contributed by atoms with Crippen molar-refractivity contribution in [2.24, 2.45) is 5.92 Å². The van der Waals surface area contributed by atoms with E-state index in [0.29, 0.717) is 32.8 Å². The van der Waals surface area contributed by atoms with Crippen molar-refractivity contribution < 1.29 is 24.1 Å². The smallest absolute Gasteiger partial charge is 0.299 e. The minimum Gasteiger partial charge on any atom is -0.379 e. The Hall–Kier alpha value is -2.30. The van der Waals surface area contributed by atoms with Crippen LogP contribution in [0.5, 0.6) is 0 Å². The third kappa shape index (κ3) is 10.5. The minimum atomic E-state index is -1.11. The molecule has 1 atom stereocenters. The van der Waals surface area contributed by atoms with Crippen molar-refractivity contribution in [2.75, 3.05) is 31.7 Å². The number of hydrogen-bond donors (Lipinski definition) is 1. The average Bonchev–Trinajstić information content (AvgIpc) is 2.82. The van der Waals surface area contributed by atoms with E-state index in [-0.39, 0.29) is 23.0 Å². The summed E-state index contributed by atoms with van der Waals surface area (Å²) in [6, 6.07) is 3.63. The van der Waals surface area contributed by atoms with Gasteiger partial charge in [-0.15, -0.1) is 0 Å². The van der Waals surface area contributed by atoms with Gasteiger partial charge >= 0.3 is 0 Å². The van der Waals surface area contributed by atoms with Crippen LogP contribution in [0.25, 0.3) is 0 Å². The quantitative estimate of drug-likeness (QED) is 0.0848. The van der Waals surface area contributed by atoms with E-state index in [1.54, 1.807) is 0 Å². The highest BCUT2D eigenvalue weighted by molar-refractivity contribution is 5.65. The fourth-order valence-corrected chi connectivity index (χ4v) is 4.26. The van der Waals surface area contributed by atoms with Crippen LogP contribution in [0.1, 0.15) is 85.5 Å². The van der Waals surface area contributed by atoms with Gasteiger partial charge in [0.1, 0.15) is 5.69 Å². The molecule has 0 heterocycles. The van der Waals surface area contributed by atoms with Gasteiger partial charge in [0.2, 0.25) is 0 Å². The normalized spacial score (nSPS) is 12.5. The molecule has 0 spiro atoms. The van der Waals surface area contributed by atoms with Crippen LogP contribution in [-0.2, 0) is 14.2 Å². The van der Waals surface area contributed by atoms with Crippen LogP contribution in [-0.4, -0.2) is 42.2 Å². The van der Waals surface area contributed by atoms with Crippen LogP contribution >= 0.6 is 0 Å². The first-order valence-electron chi connectivity index (χ1n) is 12.9. The third-order valence-electron chi connectivity index (χ3n) is 5.88. The molecule has 200 valence electrons. The molecule has 10 heteroatoms. The highest BCUT2D eigenvalue weighted by atomic mass is 16.9. The number of benzene rings is 1. The lowest BCUT2D eigenvalue weighted by atomic mass is 9.92. The van der Waals surface area contributed by atoms with E-state index in [9.17, 15) is 20.2 Å². The number of hydrogen-bond acceptors (Lipinski definition) is 8. The summed E-state index contributed by atoms with van der Waals surface area (Å²) in [6.45, 7) is 9.81. The summed E-state index contributed by atoms with van der Waals surface area (Å²) in [6.07, 6.45) is 9.43. The molecule has 0 aliphatic rings. The molecule has 0 saturated heterocycles. The van der Waals surface area contributed by atoms with Crippen molar-refractivity contribution in [2.45, 2.75) is 91.5 Å². The number of anilines is 1. The zero-order valence-corrected chi connectivity index (χ0v) is 21.8. The Morgan fingerprint density at radius 3 is 1.94 bits per heavy atom. The molecule has 0 bridgehead atoms. The van der Waals surface area contributed by atoms with Gasteiger partial charge in [-0.3, -0.25) is 20.2 Å². The first-order chi connectivity index (χ1) is 16.8. The van der Waals surface area contributed by atoms with E-state index in [4.69, 9.17) is 14.2 Å². The van der Waals surface area contributed by atoms with Crippen molar-refractivity contribution in [3.63, 3.8) is 0 Å². The second-order valence-electron chi connectivity index (χ2n) is 8.44. The molecular formula is C25H43N3O7. The SMILES string of the molecule is CCCCCCCCC(CCCNc1ccc([N+](=O)[O-])cc1[N+](=O)[O-])C(OCC)(OCC)OCC. The van der Waals surface area contributed by atoms with E-state index >= 15 is 0 Å². The molecule has 10 nitrogen and oxygen atoms in total. The number of nitrogens with one attached hydrogen (secondary N) is 1. The van der Waals surface area contributed by atoms with E-state index < -0.39 is 15.8 Å². The van der Waals surface area contributed by atoms with Crippen LogP contribution in [0, 0.1) is 26.1 Å². The molecule has 0 aliphatic heterocycles. The lowest BCUT2D eigenvalue weighted by molar-refractivity contribution is -0.403. The second-order valence-corrected chi connectivity index (χ2v) is 8.44. The molecule has 1 aromatic carbocycles. The van der Waals surface area contributed by atoms with Gasteiger partial charge in [-0.05, 0) is 46.1 Å². The zero-order chi connectivity index (χ0) is 26.1. The molecule has 35 heavy (non-hydrogen) atoms. The number of nitro groups is 2. The zero-order valence-electron chi connectivity index (χ0n) is 21.8. The van der Waals surface area contributed by atoms with Gasteiger partial charge < -0.3 is 19.5 Å². The summed E-state index contributed by atoms with van der Waals surface area (Å²) in [5, 5.41) is 25.4. The van der Waals surface area contributed by atoms with Crippen LogP contribution in [0.4, 0.5) is 17.1 Å². The predicted molar refractivity (Wildman–Crippen MR) is 137 cm³/mol. The number of nitrogens with zero attached hydrogens (tertiary/aromatic N) is 2. The molecule has 0 aromatic heterocycles. The van der Waals surface area contributed by atoms with Crippen molar-refractivity contribution in [3.8, 4) is 0 Å². The van der Waals surface area contributed by atoms with Crippen molar-refractivity contribution in [1.82, 2.24) is 0 Å². The van der Waals surface area contributed by atoms with Crippen molar-refractivity contribution in [3.05, 3.63) is 38.4 Å². The van der Waals surface area contributed by atoms with Gasteiger partial charge in [-0.1, -0.05) is 45.4 Å². The minimum absolute atomic E-state index is 0.00201. The molecule has 1 rings (SSSR count). The Labute approximate surface area is 209 Å². The summed E-state index contributed by atoms with van der Waals surface area (Å²) in [5.41, 5.74) is -0.356. The van der Waals surface area contributed by atoms with Crippen molar-refractivity contribution in [1.29, 1.82) is 0 Å². The number of unbranched alkanes of at least 4 members (excludes halogenated alkanes) is 5. The first-order valence-corrected chi connectivity index (χ1v) is 12.9. The van der Waals surface area contributed by atoms with Gasteiger partial charge in [-0.2, -0.15) is 0 Å². The maximum atomic E-state index is 11.4. The van der Waals surface area contributed by atoms with Crippen LogP contribution in [0.2, 0.25) is 0 Å². The van der Waals surface area contributed by atoms with E-state index in [1.165, 1.54) is 37.8 Å². The van der Waals surface area contributed by atoms with Crippen LogP contribution in [0.3, 0.4) is 0 Å². The summed E-state index contributed by atoms with van der Waals surface area (Å²) in [5.74, 6) is -1.11. The van der Waals surface area contributed by atoms with Gasteiger partial charge in [0.25, 0.3) is 17.3 Å². The molecule has 1 N–H and O–H groups in total. The highest BCUT2D eigenvalue weighted by Gasteiger charge is 2.41. The largest absolute Gasteiger partial charge is 0.379 e. The van der Waals surface area contributed by atoms with E-state index in [0.717, 1.165) is 31.7 Å². The third-order valence-corrected chi connectivity index (χ3v) is 5.88. The van der Waals surface area contributed by atoms with Gasteiger partial charge in [0.15, 0.2) is 0 Å². The maximum absolute atomic E-state index is 11.4. The summed E-state index contributed by atoms with van der Waals surface area (Å²) in [4.78, 5) is 21.1. The lowest BCUT2D eigenvalue weighted by Crippen LogP contribution is -2.47.